The van der Waals surface area contributed by atoms with Crippen LogP contribution in [0.5, 0.6) is 5.75 Å². The number of hydrogen-bond acceptors (Lipinski definition) is 3. The lowest BCUT2D eigenvalue weighted by Crippen LogP contribution is -2.02. The van der Waals surface area contributed by atoms with E-state index in [9.17, 15) is 0 Å². The molecule has 0 bridgehead atoms. The Morgan fingerprint density at radius 2 is 1.94 bits per heavy atom. The van der Waals surface area contributed by atoms with Crippen molar-refractivity contribution in [1.82, 2.24) is 9.78 Å². The SMILES string of the molecule is COc1cccc(-n2ncc3ccccc32)c1N. The van der Waals surface area contributed by atoms with Crippen molar-refractivity contribution in [1.29, 1.82) is 0 Å². The summed E-state index contributed by atoms with van der Waals surface area (Å²) in [6, 6.07) is 13.7. The minimum absolute atomic E-state index is 0.592. The van der Waals surface area contributed by atoms with Gasteiger partial charge >= 0.3 is 0 Å². The number of nitrogen functional groups attached to an aromatic ring is 1. The molecule has 1 heterocycles. The highest BCUT2D eigenvalue weighted by molar-refractivity contribution is 5.82. The van der Waals surface area contributed by atoms with Crippen molar-refractivity contribution >= 4 is 16.6 Å². The number of anilines is 1. The Hall–Kier alpha value is -2.49. The fourth-order valence-electron chi connectivity index (χ4n) is 2.06. The van der Waals surface area contributed by atoms with Gasteiger partial charge in [-0.3, -0.25) is 0 Å². The molecule has 2 N–H and O–H groups in total. The van der Waals surface area contributed by atoms with Gasteiger partial charge in [-0.25, -0.2) is 4.68 Å². The maximum atomic E-state index is 6.09. The molecule has 0 aliphatic carbocycles. The smallest absolute Gasteiger partial charge is 0.143 e. The number of para-hydroxylation sites is 2. The van der Waals surface area contributed by atoms with Gasteiger partial charge in [0.05, 0.1) is 24.5 Å². The van der Waals surface area contributed by atoms with E-state index in [4.69, 9.17) is 10.5 Å². The maximum Gasteiger partial charge on any atom is 0.143 e. The van der Waals surface area contributed by atoms with E-state index in [1.807, 2.05) is 53.3 Å². The van der Waals surface area contributed by atoms with Gasteiger partial charge in [-0.1, -0.05) is 24.3 Å². The van der Waals surface area contributed by atoms with Gasteiger partial charge in [-0.05, 0) is 18.2 Å². The van der Waals surface area contributed by atoms with Gasteiger partial charge < -0.3 is 10.5 Å². The lowest BCUT2D eigenvalue weighted by molar-refractivity contribution is 0.417. The monoisotopic (exact) mass is 239 g/mol. The first-order chi connectivity index (χ1) is 8.81. The number of rotatable bonds is 2. The van der Waals surface area contributed by atoms with Crippen LogP contribution in [0, 0.1) is 0 Å². The molecule has 0 aliphatic rings. The van der Waals surface area contributed by atoms with Crippen LogP contribution in [0.2, 0.25) is 0 Å². The molecule has 4 heteroatoms. The summed E-state index contributed by atoms with van der Waals surface area (Å²) in [6.07, 6.45) is 1.83. The molecule has 3 aromatic rings. The third-order valence-electron chi connectivity index (χ3n) is 2.97. The lowest BCUT2D eigenvalue weighted by Gasteiger charge is -2.10. The highest BCUT2D eigenvalue weighted by Gasteiger charge is 2.10. The van der Waals surface area contributed by atoms with E-state index in [2.05, 4.69) is 5.10 Å². The van der Waals surface area contributed by atoms with Gasteiger partial charge in [0.15, 0.2) is 0 Å². The largest absolute Gasteiger partial charge is 0.495 e. The molecular formula is C14H13N3O. The van der Waals surface area contributed by atoms with Crippen LogP contribution in [0.3, 0.4) is 0 Å². The molecule has 0 spiro atoms. The normalized spacial score (nSPS) is 10.7. The van der Waals surface area contributed by atoms with Crippen molar-refractivity contribution in [2.75, 3.05) is 12.8 Å². The fraction of sp³-hybridized carbons (Fsp3) is 0.0714. The summed E-state index contributed by atoms with van der Waals surface area (Å²) in [6.45, 7) is 0. The summed E-state index contributed by atoms with van der Waals surface area (Å²) in [5.41, 5.74) is 8.54. The number of nitrogens with two attached hydrogens (primary N) is 1. The predicted octanol–water partition coefficient (Wildman–Crippen LogP) is 2.62. The van der Waals surface area contributed by atoms with E-state index in [-0.39, 0.29) is 0 Å². The number of nitrogens with zero attached hydrogens (tertiary/aromatic N) is 2. The first-order valence-electron chi connectivity index (χ1n) is 5.67. The molecule has 0 amide bonds. The number of benzene rings is 2. The van der Waals surface area contributed by atoms with E-state index in [1.54, 1.807) is 7.11 Å². The second kappa shape index (κ2) is 4.07. The van der Waals surface area contributed by atoms with Crippen molar-refractivity contribution in [2.45, 2.75) is 0 Å². The van der Waals surface area contributed by atoms with Crippen molar-refractivity contribution in [3.63, 3.8) is 0 Å². The highest BCUT2D eigenvalue weighted by atomic mass is 16.5. The Labute approximate surface area is 105 Å². The Kier molecular flexibility index (Phi) is 2.41. The van der Waals surface area contributed by atoms with E-state index < -0.39 is 0 Å². The van der Waals surface area contributed by atoms with E-state index in [0.29, 0.717) is 11.4 Å². The highest BCUT2D eigenvalue weighted by Crippen LogP contribution is 2.29. The first-order valence-corrected chi connectivity index (χ1v) is 5.67. The van der Waals surface area contributed by atoms with Crippen LogP contribution in [0.25, 0.3) is 16.6 Å². The molecule has 3 rings (SSSR count). The molecule has 0 saturated carbocycles. The van der Waals surface area contributed by atoms with E-state index >= 15 is 0 Å². The van der Waals surface area contributed by atoms with Crippen LogP contribution >= 0.6 is 0 Å². The number of aromatic nitrogens is 2. The summed E-state index contributed by atoms with van der Waals surface area (Å²) in [7, 11) is 1.61. The minimum Gasteiger partial charge on any atom is -0.495 e. The van der Waals surface area contributed by atoms with Crippen LogP contribution in [-0.4, -0.2) is 16.9 Å². The van der Waals surface area contributed by atoms with Gasteiger partial charge in [-0.2, -0.15) is 5.10 Å². The quantitative estimate of drug-likeness (QED) is 0.699. The molecule has 2 aromatic carbocycles. The molecule has 18 heavy (non-hydrogen) atoms. The van der Waals surface area contributed by atoms with Gasteiger partial charge in [0.25, 0.3) is 0 Å². The minimum atomic E-state index is 0.592. The molecule has 90 valence electrons. The van der Waals surface area contributed by atoms with Crippen molar-refractivity contribution in [3.05, 3.63) is 48.7 Å². The summed E-state index contributed by atoms with van der Waals surface area (Å²) < 4.78 is 7.06. The van der Waals surface area contributed by atoms with Crippen LogP contribution in [0.1, 0.15) is 0 Å². The molecule has 0 atom stereocenters. The Balaban J connectivity index is 2.26. The third-order valence-corrected chi connectivity index (χ3v) is 2.97. The van der Waals surface area contributed by atoms with Crippen LogP contribution in [0.15, 0.2) is 48.7 Å². The second-order valence-electron chi connectivity index (χ2n) is 4.01. The summed E-state index contributed by atoms with van der Waals surface area (Å²) in [5.74, 6) is 0.659. The lowest BCUT2D eigenvalue weighted by atomic mass is 10.2. The van der Waals surface area contributed by atoms with Crippen molar-refractivity contribution < 1.29 is 4.74 Å². The van der Waals surface area contributed by atoms with E-state index in [0.717, 1.165) is 16.6 Å². The van der Waals surface area contributed by atoms with Crippen LogP contribution in [-0.2, 0) is 0 Å². The van der Waals surface area contributed by atoms with E-state index in [1.165, 1.54) is 0 Å². The zero-order chi connectivity index (χ0) is 12.5. The molecule has 4 nitrogen and oxygen atoms in total. The molecule has 0 fully saturated rings. The molecule has 1 aromatic heterocycles. The Morgan fingerprint density at radius 1 is 1.11 bits per heavy atom. The maximum absolute atomic E-state index is 6.09. The zero-order valence-electron chi connectivity index (χ0n) is 10.00. The molecule has 0 saturated heterocycles. The van der Waals surface area contributed by atoms with Crippen molar-refractivity contribution in [2.24, 2.45) is 0 Å². The third kappa shape index (κ3) is 1.50. The number of ether oxygens (including phenoxy) is 1. The number of fused-ring (bicyclic) bond motifs is 1. The standard InChI is InChI=1S/C14H13N3O/c1-18-13-8-4-7-12(14(13)15)17-11-6-3-2-5-10(11)9-16-17/h2-9H,15H2,1H3. The average molecular weight is 239 g/mol. The Bertz CT molecular complexity index is 703. The average Bonchev–Trinajstić information content (AvgIpc) is 2.83. The summed E-state index contributed by atoms with van der Waals surface area (Å²) in [4.78, 5) is 0. The molecular weight excluding hydrogens is 226 g/mol. The van der Waals surface area contributed by atoms with Gasteiger partial charge in [0.1, 0.15) is 11.4 Å². The molecule has 0 unspecified atom stereocenters. The van der Waals surface area contributed by atoms with Gasteiger partial charge in [0.2, 0.25) is 0 Å². The predicted molar refractivity (Wildman–Crippen MR) is 72.0 cm³/mol. The van der Waals surface area contributed by atoms with Gasteiger partial charge in [-0.15, -0.1) is 0 Å². The summed E-state index contributed by atoms with van der Waals surface area (Å²) in [5, 5.41) is 5.47. The summed E-state index contributed by atoms with van der Waals surface area (Å²) >= 11 is 0. The Morgan fingerprint density at radius 3 is 2.78 bits per heavy atom. The molecule has 0 aliphatic heterocycles. The molecule has 0 radical (unpaired) electrons. The number of hydrogen-bond donors (Lipinski definition) is 1. The van der Waals surface area contributed by atoms with Gasteiger partial charge in [0, 0.05) is 5.39 Å². The zero-order valence-corrected chi connectivity index (χ0v) is 10.00. The fourth-order valence-corrected chi connectivity index (χ4v) is 2.06. The van der Waals surface area contributed by atoms with Crippen molar-refractivity contribution in [3.8, 4) is 11.4 Å². The topological polar surface area (TPSA) is 53.1 Å². The second-order valence-corrected chi connectivity index (χ2v) is 4.01. The number of methoxy groups -OCH3 is 1. The van der Waals surface area contributed by atoms with Crippen LogP contribution in [0.4, 0.5) is 5.69 Å². The van der Waals surface area contributed by atoms with Crippen LogP contribution < -0.4 is 10.5 Å². The first kappa shape index (κ1) is 10.7.